The number of nitrogens with zero attached hydrogens (tertiary/aromatic N) is 1. The lowest BCUT2D eigenvalue weighted by Gasteiger charge is -2.22. The maximum Gasteiger partial charge on any atom is 0.265 e. The summed E-state index contributed by atoms with van der Waals surface area (Å²) in [6.07, 6.45) is 0.893. The van der Waals surface area contributed by atoms with Crippen LogP contribution in [0.4, 0.5) is 5.69 Å². The van der Waals surface area contributed by atoms with Crippen LogP contribution in [0.3, 0.4) is 0 Å². The molecule has 1 atom stereocenters. The fourth-order valence-electron chi connectivity index (χ4n) is 2.83. The van der Waals surface area contributed by atoms with Crippen LogP contribution in [-0.4, -0.2) is 25.7 Å². The zero-order chi connectivity index (χ0) is 15.5. The molecule has 3 rings (SSSR count). The number of para-hydroxylation sites is 1. The molecule has 0 aliphatic carbocycles. The maximum absolute atomic E-state index is 12.5. The van der Waals surface area contributed by atoms with E-state index in [4.69, 9.17) is 9.47 Å². The lowest BCUT2D eigenvalue weighted by molar-refractivity contribution is -0.120. The van der Waals surface area contributed by atoms with Gasteiger partial charge in [-0.1, -0.05) is 18.2 Å². The highest BCUT2D eigenvalue weighted by Crippen LogP contribution is 2.31. The number of methoxy groups -OCH3 is 1. The van der Waals surface area contributed by atoms with E-state index in [1.54, 1.807) is 19.2 Å². The Bertz CT molecular complexity index is 666. The van der Waals surface area contributed by atoms with Gasteiger partial charge < -0.3 is 14.4 Å². The number of carbonyl (C=O) groups excluding carboxylic acids is 1. The Kier molecular flexibility index (Phi) is 4.00. The molecule has 2 aromatic rings. The zero-order valence-corrected chi connectivity index (χ0v) is 12.8. The molecule has 1 aliphatic rings. The van der Waals surface area contributed by atoms with E-state index in [9.17, 15) is 4.79 Å². The fourth-order valence-corrected chi connectivity index (χ4v) is 2.83. The minimum absolute atomic E-state index is 0.0201. The van der Waals surface area contributed by atoms with Crippen LogP contribution < -0.4 is 14.4 Å². The number of ether oxygens (including phenoxy) is 2. The van der Waals surface area contributed by atoms with Gasteiger partial charge in [-0.05, 0) is 49.2 Å². The minimum atomic E-state index is -0.0201. The summed E-state index contributed by atoms with van der Waals surface area (Å²) in [5, 5.41) is 0. The van der Waals surface area contributed by atoms with Crippen LogP contribution in [0.2, 0.25) is 0 Å². The van der Waals surface area contributed by atoms with Gasteiger partial charge in [0.05, 0.1) is 7.11 Å². The van der Waals surface area contributed by atoms with E-state index in [0.717, 1.165) is 17.9 Å². The summed E-state index contributed by atoms with van der Waals surface area (Å²) in [4.78, 5) is 14.3. The van der Waals surface area contributed by atoms with Crippen LogP contribution in [0.15, 0.2) is 48.5 Å². The van der Waals surface area contributed by atoms with Crippen LogP contribution in [0.5, 0.6) is 11.5 Å². The number of hydrogen-bond acceptors (Lipinski definition) is 3. The molecule has 0 saturated carbocycles. The molecule has 0 N–H and O–H groups in total. The van der Waals surface area contributed by atoms with Gasteiger partial charge in [0.1, 0.15) is 11.5 Å². The normalized spacial score (nSPS) is 16.3. The second-order valence-electron chi connectivity index (χ2n) is 5.41. The van der Waals surface area contributed by atoms with E-state index in [0.29, 0.717) is 5.75 Å². The lowest BCUT2D eigenvalue weighted by atomic mass is 10.1. The summed E-state index contributed by atoms with van der Waals surface area (Å²) in [5.74, 6) is 1.41. The molecule has 0 saturated heterocycles. The Morgan fingerprint density at radius 1 is 1.14 bits per heavy atom. The Labute approximate surface area is 130 Å². The van der Waals surface area contributed by atoms with E-state index in [1.807, 2.05) is 35.2 Å². The monoisotopic (exact) mass is 297 g/mol. The van der Waals surface area contributed by atoms with Gasteiger partial charge in [0, 0.05) is 11.7 Å². The molecule has 1 heterocycles. The molecule has 0 aromatic heterocycles. The molecule has 1 aliphatic heterocycles. The Morgan fingerprint density at radius 2 is 1.82 bits per heavy atom. The van der Waals surface area contributed by atoms with Crippen LogP contribution >= 0.6 is 0 Å². The smallest absolute Gasteiger partial charge is 0.265 e. The zero-order valence-electron chi connectivity index (χ0n) is 12.8. The second-order valence-corrected chi connectivity index (χ2v) is 5.41. The number of benzene rings is 2. The summed E-state index contributed by atoms with van der Waals surface area (Å²) in [7, 11) is 1.62. The predicted molar refractivity (Wildman–Crippen MR) is 85.6 cm³/mol. The SMILES string of the molecule is COc1ccc(OCC(=O)N2c3ccccc3CC2C)cc1. The van der Waals surface area contributed by atoms with Crippen LogP contribution in [0.25, 0.3) is 0 Å². The lowest BCUT2D eigenvalue weighted by Crippen LogP contribution is -2.39. The second kappa shape index (κ2) is 6.10. The van der Waals surface area contributed by atoms with E-state index >= 15 is 0 Å². The average molecular weight is 297 g/mol. The summed E-state index contributed by atoms with van der Waals surface area (Å²) >= 11 is 0. The van der Waals surface area contributed by atoms with Gasteiger partial charge in [-0.2, -0.15) is 0 Å². The summed E-state index contributed by atoms with van der Waals surface area (Å²) < 4.78 is 10.7. The highest BCUT2D eigenvalue weighted by atomic mass is 16.5. The van der Waals surface area contributed by atoms with Gasteiger partial charge in [-0.15, -0.1) is 0 Å². The molecule has 2 aromatic carbocycles. The van der Waals surface area contributed by atoms with Crippen molar-refractivity contribution in [2.45, 2.75) is 19.4 Å². The summed E-state index contributed by atoms with van der Waals surface area (Å²) in [6.45, 7) is 2.09. The van der Waals surface area contributed by atoms with E-state index in [-0.39, 0.29) is 18.6 Å². The first-order valence-corrected chi connectivity index (χ1v) is 7.36. The molecule has 114 valence electrons. The molecular weight excluding hydrogens is 278 g/mol. The fraction of sp³-hybridized carbons (Fsp3) is 0.278. The molecule has 4 heteroatoms. The first-order valence-electron chi connectivity index (χ1n) is 7.36. The largest absolute Gasteiger partial charge is 0.497 e. The molecule has 0 fully saturated rings. The molecule has 1 unspecified atom stereocenters. The van der Waals surface area contributed by atoms with Crippen molar-refractivity contribution in [2.75, 3.05) is 18.6 Å². The number of rotatable bonds is 4. The molecule has 0 spiro atoms. The average Bonchev–Trinajstić information content (AvgIpc) is 2.89. The quantitative estimate of drug-likeness (QED) is 0.870. The van der Waals surface area contributed by atoms with Crippen LogP contribution in [-0.2, 0) is 11.2 Å². The summed E-state index contributed by atoms with van der Waals surface area (Å²) in [6, 6.07) is 15.4. The van der Waals surface area contributed by atoms with Gasteiger partial charge in [0.25, 0.3) is 5.91 Å². The van der Waals surface area contributed by atoms with Gasteiger partial charge in [-0.25, -0.2) is 0 Å². The van der Waals surface area contributed by atoms with Crippen molar-refractivity contribution >= 4 is 11.6 Å². The van der Waals surface area contributed by atoms with E-state index in [1.165, 1.54) is 5.56 Å². The Morgan fingerprint density at radius 3 is 2.55 bits per heavy atom. The van der Waals surface area contributed by atoms with Crippen molar-refractivity contribution in [3.05, 3.63) is 54.1 Å². The first-order chi connectivity index (χ1) is 10.7. The molecule has 0 bridgehead atoms. The molecule has 22 heavy (non-hydrogen) atoms. The third-order valence-electron chi connectivity index (χ3n) is 3.90. The first kappa shape index (κ1) is 14.4. The molecular formula is C18H19NO3. The number of anilines is 1. The van der Waals surface area contributed by atoms with Crippen molar-refractivity contribution in [3.8, 4) is 11.5 Å². The van der Waals surface area contributed by atoms with Crippen molar-refractivity contribution < 1.29 is 14.3 Å². The van der Waals surface area contributed by atoms with Crippen LogP contribution in [0.1, 0.15) is 12.5 Å². The summed E-state index contributed by atoms with van der Waals surface area (Å²) in [5.41, 5.74) is 2.21. The molecule has 4 nitrogen and oxygen atoms in total. The number of amides is 1. The van der Waals surface area contributed by atoms with E-state index < -0.39 is 0 Å². The molecule has 0 radical (unpaired) electrons. The van der Waals surface area contributed by atoms with Gasteiger partial charge in [0.2, 0.25) is 0 Å². The van der Waals surface area contributed by atoms with Crippen LogP contribution in [0, 0.1) is 0 Å². The Hall–Kier alpha value is -2.49. The van der Waals surface area contributed by atoms with Crippen molar-refractivity contribution in [3.63, 3.8) is 0 Å². The Balaban J connectivity index is 1.67. The van der Waals surface area contributed by atoms with Gasteiger partial charge in [0.15, 0.2) is 6.61 Å². The number of fused-ring (bicyclic) bond motifs is 1. The number of hydrogen-bond donors (Lipinski definition) is 0. The predicted octanol–water partition coefficient (Wildman–Crippen LogP) is 3.05. The van der Waals surface area contributed by atoms with Crippen molar-refractivity contribution in [1.29, 1.82) is 0 Å². The minimum Gasteiger partial charge on any atom is -0.497 e. The van der Waals surface area contributed by atoms with Crippen molar-refractivity contribution in [2.24, 2.45) is 0 Å². The topological polar surface area (TPSA) is 38.8 Å². The highest BCUT2D eigenvalue weighted by molar-refractivity contribution is 5.97. The molecule has 1 amide bonds. The highest BCUT2D eigenvalue weighted by Gasteiger charge is 2.30. The maximum atomic E-state index is 12.5. The standard InChI is InChI=1S/C18H19NO3/c1-13-11-14-5-3-4-6-17(14)19(13)18(20)12-22-16-9-7-15(21-2)8-10-16/h3-10,13H,11-12H2,1-2H3. The van der Waals surface area contributed by atoms with E-state index in [2.05, 4.69) is 13.0 Å². The van der Waals surface area contributed by atoms with Gasteiger partial charge in [-0.3, -0.25) is 4.79 Å². The number of carbonyl (C=O) groups is 1. The third-order valence-corrected chi connectivity index (χ3v) is 3.90. The van der Waals surface area contributed by atoms with Gasteiger partial charge >= 0.3 is 0 Å². The van der Waals surface area contributed by atoms with Crippen molar-refractivity contribution in [1.82, 2.24) is 0 Å². The third kappa shape index (κ3) is 2.77.